The van der Waals surface area contributed by atoms with Crippen molar-refractivity contribution in [3.05, 3.63) is 22.4 Å². The van der Waals surface area contributed by atoms with Crippen molar-refractivity contribution in [2.24, 2.45) is 5.41 Å². The Labute approximate surface area is 124 Å². The molecule has 1 N–H and O–H groups in total. The highest BCUT2D eigenvalue weighted by atomic mass is 32.1. The Bertz CT molecular complexity index is 500. The molecule has 2 aliphatic rings. The molecule has 4 nitrogen and oxygen atoms in total. The Morgan fingerprint density at radius 2 is 2.25 bits per heavy atom. The smallest absolute Gasteiger partial charge is 0.241 e. The van der Waals surface area contributed by atoms with E-state index in [0.29, 0.717) is 0 Å². The largest absolute Gasteiger partial charge is 0.381 e. The Morgan fingerprint density at radius 3 is 2.80 bits per heavy atom. The van der Waals surface area contributed by atoms with Gasteiger partial charge >= 0.3 is 0 Å². The summed E-state index contributed by atoms with van der Waals surface area (Å²) in [7, 11) is 1.76. The van der Waals surface area contributed by atoms with Crippen LogP contribution in [0.5, 0.6) is 0 Å². The first kappa shape index (κ1) is 14.0. The summed E-state index contributed by atoms with van der Waals surface area (Å²) in [6.07, 6.45) is 1.16. The monoisotopic (exact) mass is 294 g/mol. The van der Waals surface area contributed by atoms with Crippen LogP contribution in [-0.4, -0.2) is 36.1 Å². The topological polar surface area (TPSA) is 41.6 Å². The van der Waals surface area contributed by atoms with Crippen molar-refractivity contribution in [3.8, 4) is 0 Å². The molecule has 3 rings (SSSR count). The number of amides is 1. The zero-order valence-electron chi connectivity index (χ0n) is 12.4. The number of rotatable bonds is 3. The van der Waals surface area contributed by atoms with Gasteiger partial charge in [-0.25, -0.2) is 0 Å². The molecule has 1 aromatic heterocycles. The maximum atomic E-state index is 12.6. The van der Waals surface area contributed by atoms with Crippen molar-refractivity contribution >= 4 is 17.2 Å². The fourth-order valence-electron chi connectivity index (χ4n) is 3.50. The molecule has 1 saturated carbocycles. The maximum Gasteiger partial charge on any atom is 0.241 e. The average molecular weight is 294 g/mol. The van der Waals surface area contributed by atoms with Crippen molar-refractivity contribution in [1.29, 1.82) is 0 Å². The molecule has 1 aliphatic heterocycles. The van der Waals surface area contributed by atoms with Crippen LogP contribution in [0.15, 0.2) is 16.8 Å². The molecule has 1 amide bonds. The first-order valence-electron chi connectivity index (χ1n) is 7.10. The molecule has 0 radical (unpaired) electrons. The number of hydrogen-bond acceptors (Lipinski definition) is 4. The zero-order chi connectivity index (χ0) is 14.5. The highest BCUT2D eigenvalue weighted by Crippen LogP contribution is 2.48. The van der Waals surface area contributed by atoms with Crippen LogP contribution in [0, 0.1) is 5.41 Å². The third-order valence-electron chi connectivity index (χ3n) is 4.92. The Kier molecular flexibility index (Phi) is 3.39. The highest BCUT2D eigenvalue weighted by molar-refractivity contribution is 7.07. The number of nitrogens with zero attached hydrogens (tertiary/aromatic N) is 1. The van der Waals surface area contributed by atoms with Gasteiger partial charge in [0.25, 0.3) is 0 Å². The number of methoxy groups -OCH3 is 1. The van der Waals surface area contributed by atoms with Crippen LogP contribution in [0.25, 0.3) is 0 Å². The van der Waals surface area contributed by atoms with E-state index in [1.807, 2.05) is 11.8 Å². The van der Waals surface area contributed by atoms with Crippen LogP contribution in [0.2, 0.25) is 0 Å². The van der Waals surface area contributed by atoms with E-state index in [0.717, 1.165) is 6.42 Å². The maximum absolute atomic E-state index is 12.6. The molecule has 2 heterocycles. The molecule has 4 atom stereocenters. The molecule has 4 unspecified atom stereocenters. The molecular weight excluding hydrogens is 272 g/mol. The second-order valence-corrected chi connectivity index (χ2v) is 7.17. The Balaban J connectivity index is 1.88. The minimum absolute atomic E-state index is 0.00439. The average Bonchev–Trinajstić information content (AvgIpc) is 3.01. The lowest BCUT2D eigenvalue weighted by Crippen LogP contribution is -2.63. The predicted octanol–water partition coefficient (Wildman–Crippen LogP) is 2.38. The van der Waals surface area contributed by atoms with Gasteiger partial charge in [-0.15, -0.1) is 0 Å². The minimum atomic E-state index is -0.114. The molecule has 5 heteroatoms. The number of nitrogens with one attached hydrogen (secondary N) is 1. The van der Waals surface area contributed by atoms with Crippen molar-refractivity contribution in [2.75, 3.05) is 7.11 Å². The van der Waals surface area contributed by atoms with Gasteiger partial charge in [0.05, 0.1) is 12.1 Å². The predicted molar refractivity (Wildman–Crippen MR) is 79.5 cm³/mol. The lowest BCUT2D eigenvalue weighted by Gasteiger charge is -2.55. The molecular formula is C15H22N2O2S. The van der Waals surface area contributed by atoms with Crippen molar-refractivity contribution < 1.29 is 9.53 Å². The van der Waals surface area contributed by atoms with Gasteiger partial charge in [0.2, 0.25) is 5.91 Å². The first-order chi connectivity index (χ1) is 9.46. The fourth-order valence-corrected chi connectivity index (χ4v) is 4.18. The quantitative estimate of drug-likeness (QED) is 0.930. The van der Waals surface area contributed by atoms with Crippen LogP contribution >= 0.6 is 11.3 Å². The number of carbonyl (C=O) groups excluding carboxylic acids is 1. The van der Waals surface area contributed by atoms with Crippen molar-refractivity contribution in [2.45, 2.75) is 51.5 Å². The van der Waals surface area contributed by atoms with E-state index >= 15 is 0 Å². The third-order valence-corrected chi connectivity index (χ3v) is 5.62. The van der Waals surface area contributed by atoms with E-state index in [-0.39, 0.29) is 35.7 Å². The van der Waals surface area contributed by atoms with Crippen molar-refractivity contribution in [1.82, 2.24) is 10.2 Å². The van der Waals surface area contributed by atoms with Crippen LogP contribution < -0.4 is 5.32 Å². The minimum Gasteiger partial charge on any atom is -0.381 e. The molecule has 1 aromatic rings. The van der Waals surface area contributed by atoms with Gasteiger partial charge in [0.15, 0.2) is 0 Å². The SMILES string of the molecule is COC1CC(N2C(=O)C(C)NC2c2ccsc2)C1(C)C. The molecule has 2 fully saturated rings. The van der Waals surface area contributed by atoms with Gasteiger partial charge in [-0.05, 0) is 35.7 Å². The Hall–Kier alpha value is -0.910. The zero-order valence-corrected chi connectivity index (χ0v) is 13.2. The normalized spacial score (nSPS) is 36.2. The van der Waals surface area contributed by atoms with Gasteiger partial charge in [-0.2, -0.15) is 11.3 Å². The standard InChI is InChI=1S/C15H22N2O2S/c1-9-14(18)17(11-7-12(19-4)15(11,2)3)13(16-9)10-5-6-20-8-10/h5-6,8-9,11-13,16H,7H2,1-4H3. The van der Waals surface area contributed by atoms with Gasteiger partial charge in [-0.1, -0.05) is 13.8 Å². The summed E-state index contributed by atoms with van der Waals surface area (Å²) in [5.41, 5.74) is 1.19. The summed E-state index contributed by atoms with van der Waals surface area (Å²) in [6, 6.07) is 2.22. The Morgan fingerprint density at radius 1 is 1.50 bits per heavy atom. The van der Waals surface area contributed by atoms with Crippen LogP contribution in [0.4, 0.5) is 0 Å². The van der Waals surface area contributed by atoms with Crippen LogP contribution in [0.1, 0.15) is 38.9 Å². The van der Waals surface area contributed by atoms with Gasteiger partial charge in [0, 0.05) is 18.6 Å². The molecule has 1 aliphatic carbocycles. The number of carbonyl (C=O) groups is 1. The third kappa shape index (κ3) is 1.91. The number of ether oxygens (including phenoxy) is 1. The summed E-state index contributed by atoms with van der Waals surface area (Å²) in [6.45, 7) is 6.33. The second kappa shape index (κ2) is 4.83. The number of thiophene rings is 1. The van der Waals surface area contributed by atoms with Crippen LogP contribution in [0.3, 0.4) is 0 Å². The molecule has 0 bridgehead atoms. The summed E-state index contributed by atoms with van der Waals surface area (Å²) < 4.78 is 5.52. The van der Waals surface area contributed by atoms with E-state index in [1.54, 1.807) is 18.4 Å². The van der Waals surface area contributed by atoms with E-state index in [2.05, 4.69) is 36.0 Å². The van der Waals surface area contributed by atoms with E-state index < -0.39 is 0 Å². The molecule has 0 aromatic carbocycles. The molecule has 0 spiro atoms. The summed E-state index contributed by atoms with van der Waals surface area (Å²) in [4.78, 5) is 14.6. The van der Waals surface area contributed by atoms with Gasteiger partial charge < -0.3 is 9.64 Å². The highest BCUT2D eigenvalue weighted by Gasteiger charge is 2.56. The van der Waals surface area contributed by atoms with E-state index in [4.69, 9.17) is 4.74 Å². The van der Waals surface area contributed by atoms with Crippen molar-refractivity contribution in [3.63, 3.8) is 0 Å². The fraction of sp³-hybridized carbons (Fsp3) is 0.667. The lowest BCUT2D eigenvalue weighted by molar-refractivity contribution is -0.162. The van der Waals surface area contributed by atoms with Gasteiger partial charge in [0.1, 0.15) is 6.17 Å². The first-order valence-corrected chi connectivity index (χ1v) is 8.04. The summed E-state index contributed by atoms with van der Waals surface area (Å²) in [5.74, 6) is 0.203. The van der Waals surface area contributed by atoms with Crippen LogP contribution in [-0.2, 0) is 9.53 Å². The molecule has 110 valence electrons. The summed E-state index contributed by atoms with van der Waals surface area (Å²) in [5, 5.41) is 7.60. The second-order valence-electron chi connectivity index (χ2n) is 6.39. The summed E-state index contributed by atoms with van der Waals surface area (Å²) >= 11 is 1.67. The molecule has 1 saturated heterocycles. The number of hydrogen-bond donors (Lipinski definition) is 1. The lowest BCUT2D eigenvalue weighted by atomic mass is 9.63. The molecule has 20 heavy (non-hydrogen) atoms. The van der Waals surface area contributed by atoms with E-state index in [1.165, 1.54) is 5.56 Å². The van der Waals surface area contributed by atoms with E-state index in [9.17, 15) is 4.79 Å². The van der Waals surface area contributed by atoms with Gasteiger partial charge in [-0.3, -0.25) is 10.1 Å².